The molecule has 0 spiro atoms. The molecule has 5 heteroatoms. The van der Waals surface area contributed by atoms with Gasteiger partial charge in [0.05, 0.1) is 0 Å². The number of carbonyl (C=O) groups is 1. The number of aryl methyl sites for hydroxylation is 1. The predicted octanol–water partition coefficient (Wildman–Crippen LogP) is 2.92. The molecule has 0 radical (unpaired) electrons. The Morgan fingerprint density at radius 3 is 2.77 bits per heavy atom. The highest BCUT2D eigenvalue weighted by Gasteiger charge is 2.28. The number of nitrogens with one attached hydrogen (secondary N) is 2. The molecule has 122 valence electrons. The molecule has 1 aliphatic heterocycles. The molecule has 0 aromatic heterocycles. The Labute approximate surface area is 137 Å². The molecular weight excluding hydrogens is 300 g/mol. The molecular formula is C17H25ClN2O2. The molecule has 22 heavy (non-hydrogen) atoms. The second-order valence-electron chi connectivity index (χ2n) is 6.45. The van der Waals surface area contributed by atoms with Crippen molar-refractivity contribution in [2.24, 2.45) is 5.41 Å². The largest absolute Gasteiger partial charge is 0.481 e. The summed E-state index contributed by atoms with van der Waals surface area (Å²) in [5.74, 6) is 0.588. The molecule has 2 rings (SSSR count). The lowest BCUT2D eigenvalue weighted by Crippen LogP contribution is -2.45. The summed E-state index contributed by atoms with van der Waals surface area (Å²) >= 11 is 5.99. The molecule has 4 nitrogen and oxygen atoms in total. The number of benzene rings is 1. The van der Waals surface area contributed by atoms with E-state index in [4.69, 9.17) is 16.3 Å². The third-order valence-electron chi connectivity index (χ3n) is 4.31. The van der Waals surface area contributed by atoms with Crippen LogP contribution >= 0.6 is 11.6 Å². The zero-order chi connectivity index (χ0) is 16.2. The second-order valence-corrected chi connectivity index (χ2v) is 6.86. The lowest BCUT2D eigenvalue weighted by Gasteiger charge is -2.34. The van der Waals surface area contributed by atoms with Crippen molar-refractivity contribution in [2.45, 2.75) is 39.7 Å². The fourth-order valence-corrected chi connectivity index (χ4v) is 2.72. The molecule has 1 saturated heterocycles. The number of halogens is 1. The van der Waals surface area contributed by atoms with E-state index >= 15 is 0 Å². The van der Waals surface area contributed by atoms with Crippen LogP contribution in [0, 0.1) is 12.3 Å². The van der Waals surface area contributed by atoms with Crippen LogP contribution in [0.1, 0.15) is 32.3 Å². The van der Waals surface area contributed by atoms with Gasteiger partial charge in [-0.25, -0.2) is 0 Å². The fourth-order valence-electron chi connectivity index (χ4n) is 2.60. The van der Waals surface area contributed by atoms with Crippen molar-refractivity contribution in [1.29, 1.82) is 0 Å². The van der Waals surface area contributed by atoms with Gasteiger partial charge in [-0.05, 0) is 69.0 Å². The van der Waals surface area contributed by atoms with Crippen LogP contribution in [0.25, 0.3) is 0 Å². The Hall–Kier alpha value is -1.26. The summed E-state index contributed by atoms with van der Waals surface area (Å²) < 4.78 is 5.70. The summed E-state index contributed by atoms with van der Waals surface area (Å²) in [5.41, 5.74) is 1.12. The fraction of sp³-hybridized carbons (Fsp3) is 0.588. The maximum atomic E-state index is 12.2. The van der Waals surface area contributed by atoms with E-state index in [1.807, 2.05) is 13.0 Å². The Morgan fingerprint density at radius 1 is 1.45 bits per heavy atom. The first kappa shape index (κ1) is 17.1. The quantitative estimate of drug-likeness (QED) is 0.875. The van der Waals surface area contributed by atoms with Crippen LogP contribution in [-0.4, -0.2) is 31.6 Å². The molecule has 2 N–H and O–H groups in total. The van der Waals surface area contributed by atoms with Crippen LogP contribution in [-0.2, 0) is 4.79 Å². The average Bonchev–Trinajstić information content (AvgIpc) is 2.49. The van der Waals surface area contributed by atoms with Gasteiger partial charge in [0.25, 0.3) is 5.91 Å². The van der Waals surface area contributed by atoms with Gasteiger partial charge in [-0.15, -0.1) is 0 Å². The van der Waals surface area contributed by atoms with E-state index in [0.717, 1.165) is 31.5 Å². The van der Waals surface area contributed by atoms with Crippen molar-refractivity contribution in [3.05, 3.63) is 28.8 Å². The number of piperidine rings is 1. The van der Waals surface area contributed by atoms with Crippen molar-refractivity contribution in [3.8, 4) is 5.75 Å². The minimum atomic E-state index is -0.522. The second kappa shape index (κ2) is 7.34. The van der Waals surface area contributed by atoms with E-state index in [-0.39, 0.29) is 11.3 Å². The van der Waals surface area contributed by atoms with E-state index in [2.05, 4.69) is 17.6 Å². The molecule has 1 aliphatic rings. The maximum Gasteiger partial charge on any atom is 0.260 e. The molecule has 0 aliphatic carbocycles. The lowest BCUT2D eigenvalue weighted by atomic mass is 9.81. The van der Waals surface area contributed by atoms with E-state index in [9.17, 15) is 4.79 Å². The van der Waals surface area contributed by atoms with Crippen LogP contribution in [0.2, 0.25) is 5.02 Å². The van der Waals surface area contributed by atoms with Crippen molar-refractivity contribution in [3.63, 3.8) is 0 Å². The lowest BCUT2D eigenvalue weighted by molar-refractivity contribution is -0.127. The number of amides is 1. The molecule has 1 unspecified atom stereocenters. The monoisotopic (exact) mass is 324 g/mol. The highest BCUT2D eigenvalue weighted by Crippen LogP contribution is 2.27. The van der Waals surface area contributed by atoms with Gasteiger partial charge in [-0.1, -0.05) is 18.5 Å². The van der Waals surface area contributed by atoms with Gasteiger partial charge in [-0.2, -0.15) is 0 Å². The third-order valence-corrected chi connectivity index (χ3v) is 4.74. The molecule has 1 fully saturated rings. The summed E-state index contributed by atoms with van der Waals surface area (Å²) in [7, 11) is 0. The van der Waals surface area contributed by atoms with Crippen LogP contribution in [0.4, 0.5) is 0 Å². The first-order valence-electron chi connectivity index (χ1n) is 7.81. The number of carbonyl (C=O) groups excluding carboxylic acids is 1. The Kier molecular flexibility index (Phi) is 5.70. The van der Waals surface area contributed by atoms with Gasteiger partial charge >= 0.3 is 0 Å². The summed E-state index contributed by atoms with van der Waals surface area (Å²) in [4.78, 5) is 12.2. The van der Waals surface area contributed by atoms with E-state index in [1.165, 1.54) is 0 Å². The highest BCUT2D eigenvalue weighted by molar-refractivity contribution is 6.31. The summed E-state index contributed by atoms with van der Waals surface area (Å²) in [6.45, 7) is 8.63. The van der Waals surface area contributed by atoms with Crippen LogP contribution in [0.5, 0.6) is 5.75 Å². The molecule has 0 bridgehead atoms. The molecule has 1 heterocycles. The Bertz CT molecular complexity index is 527. The van der Waals surface area contributed by atoms with Crippen molar-refractivity contribution >= 4 is 17.5 Å². The minimum Gasteiger partial charge on any atom is -0.481 e. The zero-order valence-corrected chi connectivity index (χ0v) is 14.3. The molecule has 1 amide bonds. The van der Waals surface area contributed by atoms with E-state index in [1.54, 1.807) is 19.1 Å². The van der Waals surface area contributed by atoms with Crippen molar-refractivity contribution in [1.82, 2.24) is 10.6 Å². The molecule has 1 aromatic carbocycles. The molecule has 0 saturated carbocycles. The van der Waals surface area contributed by atoms with Gasteiger partial charge in [0.1, 0.15) is 5.75 Å². The summed E-state index contributed by atoms with van der Waals surface area (Å²) in [6.07, 6.45) is 1.64. The van der Waals surface area contributed by atoms with Crippen LogP contribution < -0.4 is 15.4 Å². The molecule has 1 atom stereocenters. The Balaban J connectivity index is 1.85. The summed E-state index contributed by atoms with van der Waals surface area (Å²) in [5, 5.41) is 7.06. The van der Waals surface area contributed by atoms with Crippen molar-refractivity contribution in [2.75, 3.05) is 19.6 Å². The molecule has 1 aromatic rings. The maximum absolute atomic E-state index is 12.2. The first-order chi connectivity index (χ1) is 10.4. The van der Waals surface area contributed by atoms with Gasteiger partial charge in [-0.3, -0.25) is 4.79 Å². The number of hydrogen-bond acceptors (Lipinski definition) is 3. The normalized spacial score (nSPS) is 18.5. The first-order valence-corrected chi connectivity index (χ1v) is 8.19. The third kappa shape index (κ3) is 4.62. The predicted molar refractivity (Wildman–Crippen MR) is 89.5 cm³/mol. The number of ether oxygens (including phenoxy) is 1. The van der Waals surface area contributed by atoms with E-state index in [0.29, 0.717) is 17.3 Å². The van der Waals surface area contributed by atoms with Gasteiger partial charge in [0.2, 0.25) is 0 Å². The average molecular weight is 325 g/mol. The summed E-state index contributed by atoms with van der Waals surface area (Å²) in [6, 6.07) is 5.42. The Morgan fingerprint density at radius 2 is 2.14 bits per heavy atom. The van der Waals surface area contributed by atoms with Crippen LogP contribution in [0.15, 0.2) is 18.2 Å². The highest BCUT2D eigenvalue weighted by atomic mass is 35.5. The zero-order valence-electron chi connectivity index (χ0n) is 13.5. The topological polar surface area (TPSA) is 50.4 Å². The SMILES string of the molecule is Cc1cc(OC(C)C(=O)NCC2(C)CCNCC2)ccc1Cl. The van der Waals surface area contributed by atoms with E-state index < -0.39 is 6.10 Å². The number of rotatable bonds is 5. The smallest absolute Gasteiger partial charge is 0.260 e. The van der Waals surface area contributed by atoms with Crippen LogP contribution in [0.3, 0.4) is 0 Å². The van der Waals surface area contributed by atoms with Crippen molar-refractivity contribution < 1.29 is 9.53 Å². The minimum absolute atomic E-state index is 0.0765. The van der Waals surface area contributed by atoms with Gasteiger partial charge < -0.3 is 15.4 Å². The standard InChI is InChI=1S/C17H25ClN2O2/c1-12-10-14(4-5-15(12)18)22-13(2)16(21)20-11-17(3)6-8-19-9-7-17/h4-5,10,13,19H,6-9,11H2,1-3H3,(H,20,21). The van der Waals surface area contributed by atoms with Gasteiger partial charge in [0.15, 0.2) is 6.10 Å². The van der Waals surface area contributed by atoms with Gasteiger partial charge in [0, 0.05) is 11.6 Å². The number of hydrogen-bond donors (Lipinski definition) is 2.